The summed E-state index contributed by atoms with van der Waals surface area (Å²) >= 11 is 0. The van der Waals surface area contributed by atoms with E-state index in [1.54, 1.807) is 0 Å². The lowest BCUT2D eigenvalue weighted by Crippen LogP contribution is -2.57. The van der Waals surface area contributed by atoms with Crippen LogP contribution >= 0.6 is 0 Å². The first kappa shape index (κ1) is 16.8. The van der Waals surface area contributed by atoms with Crippen molar-refractivity contribution in [1.29, 1.82) is 0 Å². The zero-order valence-electron chi connectivity index (χ0n) is 13.4. The third kappa shape index (κ3) is 4.45. The molecule has 1 aromatic carbocycles. The molecule has 1 aliphatic heterocycles. The number of rotatable bonds is 5. The van der Waals surface area contributed by atoms with Crippen molar-refractivity contribution in [2.45, 2.75) is 26.5 Å². The van der Waals surface area contributed by atoms with Crippen molar-refractivity contribution in [3.05, 3.63) is 35.9 Å². The van der Waals surface area contributed by atoms with Crippen LogP contribution in [0.5, 0.6) is 0 Å². The molecule has 1 heterocycles. The van der Waals surface area contributed by atoms with E-state index in [0.29, 0.717) is 25.6 Å². The summed E-state index contributed by atoms with van der Waals surface area (Å²) in [6.45, 7) is 7.58. The standard InChI is InChI=1S/C17H26N2O3/c1-14(2)16-12-18(10-11-20)8-9-19(16)17(21)22-13-15-6-4-3-5-7-15/h3-7,14,16,20H,8-13H2,1-2H3. The molecule has 22 heavy (non-hydrogen) atoms. The topological polar surface area (TPSA) is 53.0 Å². The lowest BCUT2D eigenvalue weighted by molar-refractivity contribution is 0.0245. The fraction of sp³-hybridized carbons (Fsp3) is 0.588. The number of nitrogens with zero attached hydrogens (tertiary/aromatic N) is 2. The van der Waals surface area contributed by atoms with E-state index in [0.717, 1.165) is 18.7 Å². The Morgan fingerprint density at radius 1 is 1.32 bits per heavy atom. The Morgan fingerprint density at radius 3 is 2.68 bits per heavy atom. The van der Waals surface area contributed by atoms with Gasteiger partial charge in [0.05, 0.1) is 12.6 Å². The first-order valence-corrected chi connectivity index (χ1v) is 7.92. The number of carbonyl (C=O) groups is 1. The zero-order chi connectivity index (χ0) is 15.9. The number of hydrogen-bond donors (Lipinski definition) is 1. The van der Waals surface area contributed by atoms with Gasteiger partial charge in [0.25, 0.3) is 0 Å². The molecule has 1 N–H and O–H groups in total. The summed E-state index contributed by atoms with van der Waals surface area (Å²) in [4.78, 5) is 16.4. The lowest BCUT2D eigenvalue weighted by atomic mass is 10.00. The monoisotopic (exact) mass is 306 g/mol. The Bertz CT molecular complexity index is 464. The van der Waals surface area contributed by atoms with Crippen LogP contribution in [0.15, 0.2) is 30.3 Å². The molecule has 1 amide bonds. The molecule has 1 fully saturated rings. The van der Waals surface area contributed by atoms with E-state index in [2.05, 4.69) is 18.7 Å². The summed E-state index contributed by atoms with van der Waals surface area (Å²) in [5.41, 5.74) is 0.996. The number of hydrogen-bond acceptors (Lipinski definition) is 4. The minimum Gasteiger partial charge on any atom is -0.445 e. The minimum atomic E-state index is -0.244. The van der Waals surface area contributed by atoms with Crippen LogP contribution in [-0.2, 0) is 11.3 Å². The van der Waals surface area contributed by atoms with Gasteiger partial charge in [-0.25, -0.2) is 4.79 Å². The predicted molar refractivity (Wildman–Crippen MR) is 85.5 cm³/mol. The Morgan fingerprint density at radius 2 is 2.05 bits per heavy atom. The average Bonchev–Trinajstić information content (AvgIpc) is 2.54. The van der Waals surface area contributed by atoms with Gasteiger partial charge in [0.15, 0.2) is 0 Å². The number of piperazine rings is 1. The van der Waals surface area contributed by atoms with Gasteiger partial charge in [-0.2, -0.15) is 0 Å². The van der Waals surface area contributed by atoms with Crippen molar-refractivity contribution in [3.8, 4) is 0 Å². The average molecular weight is 306 g/mol. The Labute approximate surface area is 132 Å². The number of carbonyl (C=O) groups excluding carboxylic acids is 1. The van der Waals surface area contributed by atoms with Crippen LogP contribution in [-0.4, -0.2) is 59.8 Å². The van der Waals surface area contributed by atoms with Gasteiger partial charge in [0.2, 0.25) is 0 Å². The fourth-order valence-electron chi connectivity index (χ4n) is 2.81. The van der Waals surface area contributed by atoms with Crippen LogP contribution in [0.3, 0.4) is 0 Å². The number of aliphatic hydroxyl groups excluding tert-OH is 1. The van der Waals surface area contributed by atoms with Crippen LogP contribution in [0.1, 0.15) is 19.4 Å². The van der Waals surface area contributed by atoms with Crippen molar-refractivity contribution >= 4 is 6.09 Å². The van der Waals surface area contributed by atoms with Crippen molar-refractivity contribution in [1.82, 2.24) is 9.80 Å². The number of aliphatic hydroxyl groups is 1. The van der Waals surface area contributed by atoms with Crippen LogP contribution < -0.4 is 0 Å². The van der Waals surface area contributed by atoms with Crippen LogP contribution in [0, 0.1) is 5.92 Å². The van der Waals surface area contributed by atoms with Gasteiger partial charge in [-0.3, -0.25) is 4.90 Å². The maximum atomic E-state index is 12.4. The van der Waals surface area contributed by atoms with Gasteiger partial charge in [-0.05, 0) is 11.5 Å². The SMILES string of the molecule is CC(C)C1CN(CCO)CCN1C(=O)OCc1ccccc1. The first-order valence-electron chi connectivity index (χ1n) is 7.92. The molecule has 1 aromatic rings. The van der Waals surface area contributed by atoms with E-state index in [1.807, 2.05) is 35.2 Å². The van der Waals surface area contributed by atoms with Gasteiger partial charge >= 0.3 is 6.09 Å². The van der Waals surface area contributed by atoms with E-state index in [-0.39, 0.29) is 18.7 Å². The number of amides is 1. The second-order valence-corrected chi connectivity index (χ2v) is 6.07. The Hall–Kier alpha value is -1.59. The van der Waals surface area contributed by atoms with Gasteiger partial charge in [0.1, 0.15) is 6.61 Å². The summed E-state index contributed by atoms with van der Waals surface area (Å²) in [5, 5.41) is 9.08. The zero-order valence-corrected chi connectivity index (χ0v) is 13.4. The molecule has 0 radical (unpaired) electrons. The summed E-state index contributed by atoms with van der Waals surface area (Å²) in [7, 11) is 0. The van der Waals surface area contributed by atoms with E-state index in [9.17, 15) is 4.79 Å². The van der Waals surface area contributed by atoms with Crippen molar-refractivity contribution in [2.75, 3.05) is 32.8 Å². The maximum absolute atomic E-state index is 12.4. The molecular weight excluding hydrogens is 280 g/mol. The highest BCUT2D eigenvalue weighted by atomic mass is 16.6. The second-order valence-electron chi connectivity index (χ2n) is 6.07. The molecule has 1 saturated heterocycles. The molecule has 0 aliphatic carbocycles. The molecule has 0 spiro atoms. The molecular formula is C17H26N2O3. The molecule has 5 nitrogen and oxygen atoms in total. The summed E-state index contributed by atoms with van der Waals surface area (Å²) in [5.74, 6) is 0.353. The molecule has 1 aliphatic rings. The third-order valence-corrected chi connectivity index (χ3v) is 4.13. The highest BCUT2D eigenvalue weighted by molar-refractivity contribution is 5.68. The van der Waals surface area contributed by atoms with Crippen molar-refractivity contribution < 1.29 is 14.6 Å². The summed E-state index contributed by atoms with van der Waals surface area (Å²) in [6.07, 6.45) is -0.244. The van der Waals surface area contributed by atoms with E-state index in [1.165, 1.54) is 0 Å². The normalized spacial score (nSPS) is 19.5. The minimum absolute atomic E-state index is 0.128. The van der Waals surface area contributed by atoms with Crippen LogP contribution in [0.2, 0.25) is 0 Å². The van der Waals surface area contributed by atoms with Crippen LogP contribution in [0.25, 0.3) is 0 Å². The molecule has 5 heteroatoms. The quantitative estimate of drug-likeness (QED) is 0.903. The molecule has 2 rings (SSSR count). The van der Waals surface area contributed by atoms with Gasteiger partial charge in [-0.15, -0.1) is 0 Å². The summed E-state index contributed by atoms with van der Waals surface area (Å²) in [6, 6.07) is 9.85. The molecule has 1 unspecified atom stereocenters. The van der Waals surface area contributed by atoms with E-state index in [4.69, 9.17) is 9.84 Å². The molecule has 0 saturated carbocycles. The number of ether oxygens (including phenoxy) is 1. The number of β-amino-alcohol motifs (C(OH)–C–C–N with tert-alkyl or cyclic N) is 1. The maximum Gasteiger partial charge on any atom is 0.410 e. The Balaban J connectivity index is 1.92. The van der Waals surface area contributed by atoms with Gasteiger partial charge in [-0.1, -0.05) is 44.2 Å². The van der Waals surface area contributed by atoms with Gasteiger partial charge in [0, 0.05) is 26.2 Å². The van der Waals surface area contributed by atoms with E-state index >= 15 is 0 Å². The van der Waals surface area contributed by atoms with Gasteiger partial charge < -0.3 is 14.7 Å². The fourth-order valence-corrected chi connectivity index (χ4v) is 2.81. The third-order valence-electron chi connectivity index (χ3n) is 4.13. The molecule has 0 bridgehead atoms. The molecule has 122 valence electrons. The van der Waals surface area contributed by atoms with Crippen molar-refractivity contribution in [2.24, 2.45) is 5.92 Å². The molecule has 0 aromatic heterocycles. The Kier molecular flexibility index (Phi) is 6.21. The second kappa shape index (κ2) is 8.15. The first-order chi connectivity index (χ1) is 10.6. The molecule has 1 atom stereocenters. The smallest absolute Gasteiger partial charge is 0.410 e. The van der Waals surface area contributed by atoms with E-state index < -0.39 is 0 Å². The highest BCUT2D eigenvalue weighted by Crippen LogP contribution is 2.18. The largest absolute Gasteiger partial charge is 0.445 e. The van der Waals surface area contributed by atoms with Crippen LogP contribution in [0.4, 0.5) is 4.79 Å². The predicted octanol–water partition coefficient (Wildman–Crippen LogP) is 1.96. The lowest BCUT2D eigenvalue weighted by Gasteiger charge is -2.42. The number of benzene rings is 1. The highest BCUT2D eigenvalue weighted by Gasteiger charge is 2.33. The summed E-state index contributed by atoms with van der Waals surface area (Å²) < 4.78 is 5.46. The van der Waals surface area contributed by atoms with Crippen molar-refractivity contribution in [3.63, 3.8) is 0 Å².